The molecule has 1 unspecified atom stereocenters. The molecular weight excluding hydrogens is 306 g/mol. The van der Waals surface area contributed by atoms with Crippen molar-refractivity contribution in [3.8, 4) is 0 Å². The summed E-state index contributed by atoms with van der Waals surface area (Å²) in [6.45, 7) is 1.86. The normalized spacial score (nSPS) is 18.2. The maximum Gasteiger partial charge on any atom is 0.320 e. The third-order valence-corrected chi connectivity index (χ3v) is 4.26. The van der Waals surface area contributed by atoms with Gasteiger partial charge in [-0.3, -0.25) is 9.69 Å². The van der Waals surface area contributed by atoms with Gasteiger partial charge in [-0.25, -0.2) is 0 Å². The van der Waals surface area contributed by atoms with Crippen LogP contribution in [-0.4, -0.2) is 35.1 Å². The van der Waals surface area contributed by atoms with Gasteiger partial charge in [0.25, 0.3) is 0 Å². The molecule has 0 radical (unpaired) electrons. The van der Waals surface area contributed by atoms with E-state index in [0.29, 0.717) is 6.42 Å². The van der Waals surface area contributed by atoms with Crippen LogP contribution < -0.4 is 0 Å². The van der Waals surface area contributed by atoms with E-state index in [4.69, 9.17) is 0 Å². The highest BCUT2D eigenvalue weighted by Crippen LogP contribution is 2.18. The van der Waals surface area contributed by atoms with Gasteiger partial charge in [0.1, 0.15) is 6.04 Å². The van der Waals surface area contributed by atoms with E-state index in [2.05, 4.69) is 33.0 Å². The Bertz CT molecular complexity index is 413. The van der Waals surface area contributed by atoms with Crippen LogP contribution in [-0.2, 0) is 11.2 Å². The minimum atomic E-state index is -0.681. The molecule has 1 fully saturated rings. The zero-order chi connectivity index (χ0) is 13.7. The summed E-state index contributed by atoms with van der Waals surface area (Å²) in [5.41, 5.74) is 1.20. The second-order valence-electron chi connectivity index (χ2n) is 5.12. The highest BCUT2D eigenvalue weighted by Gasteiger charge is 2.26. The predicted octanol–water partition coefficient (Wildman–Crippen LogP) is 3.32. The third-order valence-electron chi connectivity index (χ3n) is 3.74. The molecule has 1 heterocycles. The largest absolute Gasteiger partial charge is 0.480 e. The van der Waals surface area contributed by atoms with Crippen LogP contribution in [0.5, 0.6) is 0 Å². The van der Waals surface area contributed by atoms with Crippen LogP contribution in [0, 0.1) is 0 Å². The molecule has 1 aromatic rings. The number of carboxylic acid groups (broad SMARTS) is 1. The van der Waals surface area contributed by atoms with E-state index < -0.39 is 5.97 Å². The van der Waals surface area contributed by atoms with Crippen molar-refractivity contribution >= 4 is 21.9 Å². The predicted molar refractivity (Wildman–Crippen MR) is 79.3 cm³/mol. The highest BCUT2D eigenvalue weighted by atomic mass is 79.9. The highest BCUT2D eigenvalue weighted by molar-refractivity contribution is 9.10. The quantitative estimate of drug-likeness (QED) is 0.902. The number of aliphatic carboxylic acids is 1. The summed E-state index contributed by atoms with van der Waals surface area (Å²) in [7, 11) is 0. The number of hydrogen-bond donors (Lipinski definition) is 1. The maximum atomic E-state index is 11.4. The molecule has 104 valence electrons. The van der Waals surface area contributed by atoms with E-state index in [0.717, 1.165) is 36.8 Å². The molecule has 2 rings (SSSR count). The van der Waals surface area contributed by atoms with Crippen LogP contribution in [0.15, 0.2) is 28.7 Å². The van der Waals surface area contributed by atoms with Gasteiger partial charge in [-0.15, -0.1) is 0 Å². The van der Waals surface area contributed by atoms with Crippen molar-refractivity contribution in [3.05, 3.63) is 34.3 Å². The Labute approximate surface area is 122 Å². The lowest BCUT2D eigenvalue weighted by Crippen LogP contribution is -2.44. The van der Waals surface area contributed by atoms with Gasteiger partial charge in [0, 0.05) is 4.47 Å². The number of benzene rings is 1. The molecule has 4 heteroatoms. The summed E-state index contributed by atoms with van der Waals surface area (Å²) in [6.07, 6.45) is 5.00. The zero-order valence-electron chi connectivity index (χ0n) is 11.0. The van der Waals surface area contributed by atoms with Gasteiger partial charge in [-0.2, -0.15) is 0 Å². The number of carbonyl (C=O) groups is 1. The summed E-state index contributed by atoms with van der Waals surface area (Å²) < 4.78 is 1.06. The van der Waals surface area contributed by atoms with Crippen molar-refractivity contribution < 1.29 is 9.90 Å². The number of piperidine rings is 1. The van der Waals surface area contributed by atoms with Crippen LogP contribution in [0.2, 0.25) is 0 Å². The molecule has 1 N–H and O–H groups in total. The molecular formula is C15H20BrNO2. The molecule has 1 aliphatic heterocycles. The van der Waals surface area contributed by atoms with Crippen LogP contribution in [0.1, 0.15) is 31.2 Å². The van der Waals surface area contributed by atoms with E-state index in [1.54, 1.807) is 0 Å². The molecule has 0 spiro atoms. The van der Waals surface area contributed by atoms with Gasteiger partial charge in [0.05, 0.1) is 0 Å². The molecule has 0 amide bonds. The molecule has 0 bridgehead atoms. The van der Waals surface area contributed by atoms with Crippen molar-refractivity contribution in [1.82, 2.24) is 4.90 Å². The van der Waals surface area contributed by atoms with Gasteiger partial charge >= 0.3 is 5.97 Å². The molecule has 1 atom stereocenters. The smallest absolute Gasteiger partial charge is 0.320 e. The van der Waals surface area contributed by atoms with Gasteiger partial charge in [0.15, 0.2) is 0 Å². The SMILES string of the molecule is O=C(O)C(CCc1ccc(Br)cc1)N1CCCCC1. The lowest BCUT2D eigenvalue weighted by Gasteiger charge is -2.32. The molecule has 1 saturated heterocycles. The summed E-state index contributed by atoms with van der Waals surface area (Å²) in [5, 5.41) is 9.40. The fourth-order valence-electron chi connectivity index (χ4n) is 2.65. The van der Waals surface area contributed by atoms with Crippen molar-refractivity contribution in [2.24, 2.45) is 0 Å². The topological polar surface area (TPSA) is 40.5 Å². The first-order valence-electron chi connectivity index (χ1n) is 6.88. The Kier molecular flexibility index (Phi) is 5.40. The average Bonchev–Trinajstić information content (AvgIpc) is 2.42. The first kappa shape index (κ1) is 14.5. The van der Waals surface area contributed by atoms with Gasteiger partial charge in [-0.05, 0) is 56.5 Å². The number of rotatable bonds is 5. The van der Waals surface area contributed by atoms with Crippen LogP contribution in [0.25, 0.3) is 0 Å². The molecule has 3 nitrogen and oxygen atoms in total. The Balaban J connectivity index is 1.93. The molecule has 19 heavy (non-hydrogen) atoms. The van der Waals surface area contributed by atoms with Crippen LogP contribution >= 0.6 is 15.9 Å². The van der Waals surface area contributed by atoms with E-state index in [-0.39, 0.29) is 6.04 Å². The van der Waals surface area contributed by atoms with Gasteiger partial charge in [0.2, 0.25) is 0 Å². The molecule has 0 aliphatic carbocycles. The Morgan fingerprint density at radius 1 is 1.21 bits per heavy atom. The Morgan fingerprint density at radius 3 is 2.42 bits per heavy atom. The second-order valence-corrected chi connectivity index (χ2v) is 6.03. The van der Waals surface area contributed by atoms with Gasteiger partial charge < -0.3 is 5.11 Å². The summed E-state index contributed by atoms with van der Waals surface area (Å²) >= 11 is 3.41. The number of hydrogen-bond acceptors (Lipinski definition) is 2. The number of nitrogens with zero attached hydrogens (tertiary/aromatic N) is 1. The minimum absolute atomic E-state index is 0.330. The Morgan fingerprint density at radius 2 is 1.84 bits per heavy atom. The number of likely N-dealkylation sites (tertiary alicyclic amines) is 1. The number of halogens is 1. The standard InChI is InChI=1S/C15H20BrNO2/c16-13-7-4-12(5-8-13)6-9-14(15(18)19)17-10-2-1-3-11-17/h4-5,7-8,14H,1-3,6,9-11H2,(H,18,19). The first-order chi connectivity index (χ1) is 9.16. The van der Waals surface area contributed by atoms with Crippen LogP contribution in [0.4, 0.5) is 0 Å². The zero-order valence-corrected chi connectivity index (χ0v) is 12.6. The molecule has 0 aromatic heterocycles. The fraction of sp³-hybridized carbons (Fsp3) is 0.533. The summed E-state index contributed by atoms with van der Waals surface area (Å²) in [6, 6.07) is 7.79. The van der Waals surface area contributed by atoms with E-state index in [1.807, 2.05) is 12.1 Å². The molecule has 1 aliphatic rings. The lowest BCUT2D eigenvalue weighted by molar-refractivity contribution is -0.144. The van der Waals surface area contributed by atoms with Crippen molar-refractivity contribution in [2.45, 2.75) is 38.1 Å². The fourth-order valence-corrected chi connectivity index (χ4v) is 2.91. The first-order valence-corrected chi connectivity index (χ1v) is 7.67. The van der Waals surface area contributed by atoms with Crippen molar-refractivity contribution in [2.75, 3.05) is 13.1 Å². The monoisotopic (exact) mass is 325 g/mol. The van der Waals surface area contributed by atoms with Gasteiger partial charge in [-0.1, -0.05) is 34.5 Å². The van der Waals surface area contributed by atoms with Crippen molar-refractivity contribution in [1.29, 1.82) is 0 Å². The lowest BCUT2D eigenvalue weighted by atomic mass is 10.0. The Hall–Kier alpha value is -0.870. The van der Waals surface area contributed by atoms with Crippen molar-refractivity contribution in [3.63, 3.8) is 0 Å². The summed E-state index contributed by atoms with van der Waals surface area (Å²) in [5.74, 6) is -0.681. The van der Waals surface area contributed by atoms with E-state index in [9.17, 15) is 9.90 Å². The number of carboxylic acids is 1. The third kappa shape index (κ3) is 4.32. The molecule has 0 saturated carbocycles. The second kappa shape index (κ2) is 7.06. The van der Waals surface area contributed by atoms with Crippen LogP contribution in [0.3, 0.4) is 0 Å². The number of aryl methyl sites for hydroxylation is 1. The maximum absolute atomic E-state index is 11.4. The summed E-state index contributed by atoms with van der Waals surface area (Å²) in [4.78, 5) is 13.6. The molecule has 1 aromatic carbocycles. The minimum Gasteiger partial charge on any atom is -0.480 e. The average molecular weight is 326 g/mol. The van der Waals surface area contributed by atoms with E-state index in [1.165, 1.54) is 12.0 Å². The van der Waals surface area contributed by atoms with E-state index >= 15 is 0 Å².